The van der Waals surface area contributed by atoms with Crippen molar-refractivity contribution in [1.29, 1.82) is 0 Å². The lowest BCUT2D eigenvalue weighted by Gasteiger charge is -2.28. The fourth-order valence-electron chi connectivity index (χ4n) is 3.16. The Morgan fingerprint density at radius 3 is 2.00 bits per heavy atom. The topological polar surface area (TPSA) is 35.5 Å². The first-order valence-electron chi connectivity index (χ1n) is 10.7. The molecule has 0 aromatic heterocycles. The van der Waals surface area contributed by atoms with E-state index in [1.54, 1.807) is 11.8 Å². The molecule has 0 saturated carbocycles. The molecule has 31 heavy (non-hydrogen) atoms. The van der Waals surface area contributed by atoms with Gasteiger partial charge in [0, 0.05) is 10.5 Å². The van der Waals surface area contributed by atoms with E-state index in [9.17, 15) is 4.79 Å². The number of carbonyl (C=O) groups excluding carboxylic acids is 1. The minimum Gasteiger partial charge on any atom is -0.373 e. The van der Waals surface area contributed by atoms with Crippen LogP contribution in [-0.4, -0.2) is 23.7 Å². The van der Waals surface area contributed by atoms with Gasteiger partial charge in [0.25, 0.3) is 0 Å². The molecule has 3 nitrogen and oxygen atoms in total. The number of benzene rings is 3. The van der Waals surface area contributed by atoms with Crippen LogP contribution in [0.5, 0.6) is 0 Å². The molecule has 0 aliphatic carbocycles. The Labute approximate surface area is 189 Å². The SMILES string of the molecule is CCCSc1ccc(C(=O)C(C)(COCc2ccccc2)OCc2ccccc2)cc1. The van der Waals surface area contributed by atoms with Gasteiger partial charge in [-0.25, -0.2) is 0 Å². The van der Waals surface area contributed by atoms with E-state index in [4.69, 9.17) is 9.47 Å². The first-order chi connectivity index (χ1) is 15.1. The molecule has 4 heteroatoms. The molecule has 0 amide bonds. The van der Waals surface area contributed by atoms with Gasteiger partial charge in [0.1, 0.15) is 0 Å². The molecule has 0 heterocycles. The maximum Gasteiger partial charge on any atom is 0.196 e. The fraction of sp³-hybridized carbons (Fsp3) is 0.296. The summed E-state index contributed by atoms with van der Waals surface area (Å²) in [6.45, 7) is 4.95. The number of ether oxygens (including phenoxy) is 2. The van der Waals surface area contributed by atoms with Gasteiger partial charge in [0.2, 0.25) is 0 Å². The predicted octanol–water partition coefficient (Wildman–Crippen LogP) is 6.56. The fourth-order valence-corrected chi connectivity index (χ4v) is 3.92. The number of Topliss-reactive ketones (excluding diaryl/α,β-unsaturated/α-hetero) is 1. The van der Waals surface area contributed by atoms with Gasteiger partial charge in [-0.2, -0.15) is 0 Å². The summed E-state index contributed by atoms with van der Waals surface area (Å²) in [4.78, 5) is 14.6. The van der Waals surface area contributed by atoms with E-state index in [2.05, 4.69) is 6.92 Å². The van der Waals surface area contributed by atoms with E-state index in [0.29, 0.717) is 18.8 Å². The average molecular weight is 435 g/mol. The highest BCUT2D eigenvalue weighted by Gasteiger charge is 2.35. The monoisotopic (exact) mass is 434 g/mol. The van der Waals surface area contributed by atoms with Gasteiger partial charge in [-0.05, 0) is 42.4 Å². The maximum absolute atomic E-state index is 13.4. The van der Waals surface area contributed by atoms with E-state index in [-0.39, 0.29) is 12.4 Å². The molecule has 0 bridgehead atoms. The molecule has 0 saturated heterocycles. The van der Waals surface area contributed by atoms with Crippen LogP contribution in [0.1, 0.15) is 41.8 Å². The van der Waals surface area contributed by atoms with E-state index in [0.717, 1.165) is 23.3 Å². The quantitative estimate of drug-likeness (QED) is 0.239. The Kier molecular flexibility index (Phi) is 8.89. The number of hydrogen-bond acceptors (Lipinski definition) is 4. The largest absolute Gasteiger partial charge is 0.373 e. The van der Waals surface area contributed by atoms with Gasteiger partial charge in [-0.1, -0.05) is 79.7 Å². The summed E-state index contributed by atoms with van der Waals surface area (Å²) in [6, 6.07) is 27.7. The van der Waals surface area contributed by atoms with Crippen molar-refractivity contribution < 1.29 is 14.3 Å². The Bertz CT molecular complexity index is 926. The summed E-state index contributed by atoms with van der Waals surface area (Å²) in [5, 5.41) is 0. The molecule has 0 N–H and O–H groups in total. The van der Waals surface area contributed by atoms with Crippen LogP contribution < -0.4 is 0 Å². The smallest absolute Gasteiger partial charge is 0.196 e. The Hall–Kier alpha value is -2.40. The lowest BCUT2D eigenvalue weighted by Crippen LogP contribution is -2.43. The van der Waals surface area contributed by atoms with Crippen LogP contribution in [0.4, 0.5) is 0 Å². The number of ketones is 1. The molecule has 1 unspecified atom stereocenters. The second kappa shape index (κ2) is 11.8. The second-order valence-electron chi connectivity index (χ2n) is 7.69. The summed E-state index contributed by atoms with van der Waals surface area (Å²) < 4.78 is 12.1. The first kappa shape index (κ1) is 23.3. The van der Waals surface area contributed by atoms with Gasteiger partial charge in [0.05, 0.1) is 19.8 Å². The zero-order chi connectivity index (χ0) is 21.9. The van der Waals surface area contributed by atoms with Crippen molar-refractivity contribution in [3.05, 3.63) is 102 Å². The van der Waals surface area contributed by atoms with Gasteiger partial charge >= 0.3 is 0 Å². The minimum atomic E-state index is -1.08. The van der Waals surface area contributed by atoms with Crippen LogP contribution >= 0.6 is 11.8 Å². The number of carbonyl (C=O) groups is 1. The van der Waals surface area contributed by atoms with Crippen molar-refractivity contribution in [2.24, 2.45) is 0 Å². The molecular formula is C27H30O3S. The van der Waals surface area contributed by atoms with Crippen LogP contribution in [0.25, 0.3) is 0 Å². The average Bonchev–Trinajstić information content (AvgIpc) is 2.83. The molecule has 162 valence electrons. The zero-order valence-corrected chi connectivity index (χ0v) is 19.1. The molecule has 0 fully saturated rings. The first-order valence-corrected chi connectivity index (χ1v) is 11.7. The molecule has 3 aromatic carbocycles. The maximum atomic E-state index is 13.4. The minimum absolute atomic E-state index is 0.0662. The third-order valence-corrected chi connectivity index (χ3v) is 6.18. The molecule has 0 spiro atoms. The lowest BCUT2D eigenvalue weighted by atomic mass is 9.95. The van der Waals surface area contributed by atoms with E-state index >= 15 is 0 Å². The number of rotatable bonds is 12. The van der Waals surface area contributed by atoms with Crippen molar-refractivity contribution in [2.45, 2.75) is 44.0 Å². The molecule has 0 aliphatic rings. The number of hydrogen-bond donors (Lipinski definition) is 0. The third kappa shape index (κ3) is 7.06. The summed E-state index contributed by atoms with van der Waals surface area (Å²) in [6.07, 6.45) is 1.12. The van der Waals surface area contributed by atoms with E-state index < -0.39 is 5.60 Å². The van der Waals surface area contributed by atoms with E-state index in [1.165, 1.54) is 4.90 Å². The summed E-state index contributed by atoms with van der Waals surface area (Å²) in [7, 11) is 0. The van der Waals surface area contributed by atoms with Gasteiger partial charge in [0.15, 0.2) is 11.4 Å². The molecular weight excluding hydrogens is 404 g/mol. The zero-order valence-electron chi connectivity index (χ0n) is 18.3. The predicted molar refractivity (Wildman–Crippen MR) is 128 cm³/mol. The summed E-state index contributed by atoms with van der Waals surface area (Å²) in [5.41, 5.74) is 1.65. The van der Waals surface area contributed by atoms with Crippen LogP contribution in [-0.2, 0) is 22.7 Å². The Morgan fingerprint density at radius 1 is 0.839 bits per heavy atom. The molecule has 0 radical (unpaired) electrons. The molecule has 3 aromatic rings. The highest BCUT2D eigenvalue weighted by Crippen LogP contribution is 2.24. The van der Waals surface area contributed by atoms with Gasteiger partial charge in [-0.15, -0.1) is 11.8 Å². The van der Waals surface area contributed by atoms with Crippen LogP contribution in [0, 0.1) is 0 Å². The van der Waals surface area contributed by atoms with Crippen LogP contribution in [0.3, 0.4) is 0 Å². The summed E-state index contributed by atoms with van der Waals surface area (Å²) >= 11 is 1.80. The Morgan fingerprint density at radius 2 is 1.42 bits per heavy atom. The van der Waals surface area contributed by atoms with Crippen molar-refractivity contribution in [3.8, 4) is 0 Å². The van der Waals surface area contributed by atoms with Crippen molar-refractivity contribution >= 4 is 17.5 Å². The highest BCUT2D eigenvalue weighted by molar-refractivity contribution is 7.99. The molecule has 3 rings (SSSR count). The second-order valence-corrected chi connectivity index (χ2v) is 8.85. The lowest BCUT2D eigenvalue weighted by molar-refractivity contribution is -0.0750. The van der Waals surface area contributed by atoms with Gasteiger partial charge < -0.3 is 9.47 Å². The van der Waals surface area contributed by atoms with Crippen molar-refractivity contribution in [1.82, 2.24) is 0 Å². The normalized spacial score (nSPS) is 13.0. The molecule has 1 atom stereocenters. The van der Waals surface area contributed by atoms with E-state index in [1.807, 2.05) is 91.9 Å². The van der Waals surface area contributed by atoms with Crippen LogP contribution in [0.15, 0.2) is 89.8 Å². The van der Waals surface area contributed by atoms with Crippen molar-refractivity contribution in [3.63, 3.8) is 0 Å². The highest BCUT2D eigenvalue weighted by atomic mass is 32.2. The number of thioether (sulfide) groups is 1. The molecule has 0 aliphatic heterocycles. The van der Waals surface area contributed by atoms with Crippen LogP contribution in [0.2, 0.25) is 0 Å². The summed E-state index contributed by atoms with van der Waals surface area (Å²) in [5.74, 6) is 1.00. The van der Waals surface area contributed by atoms with Gasteiger partial charge in [-0.3, -0.25) is 4.79 Å². The third-order valence-electron chi connectivity index (χ3n) is 4.96. The van der Waals surface area contributed by atoms with Crippen molar-refractivity contribution in [2.75, 3.05) is 12.4 Å². The Balaban J connectivity index is 1.72. The standard InChI is InChI=1S/C27H30O3S/c1-3-18-31-25-16-14-24(15-17-25)26(28)27(2,30-20-23-12-8-5-9-13-23)21-29-19-22-10-6-4-7-11-22/h4-17H,3,18-21H2,1-2H3.